The topological polar surface area (TPSA) is 89.3 Å². The van der Waals surface area contributed by atoms with Crippen LogP contribution in [0.3, 0.4) is 0 Å². The molecule has 0 radical (unpaired) electrons. The van der Waals surface area contributed by atoms with Crippen LogP contribution in [0.4, 0.5) is 5.69 Å². The summed E-state index contributed by atoms with van der Waals surface area (Å²) in [6, 6.07) is 4.58. The van der Waals surface area contributed by atoms with Crippen LogP contribution in [0.2, 0.25) is 0 Å². The Labute approximate surface area is 120 Å². The number of rotatable bonds is 6. The number of amides is 1. The SMILES string of the molecule is CCC(CC)NC(=O)CS(=O)(=O)c1ccc(N)cc1C. The Morgan fingerprint density at radius 2 is 1.90 bits per heavy atom. The van der Waals surface area contributed by atoms with E-state index in [2.05, 4.69) is 5.32 Å². The van der Waals surface area contributed by atoms with Crippen LogP contribution in [0.1, 0.15) is 32.3 Å². The zero-order valence-electron chi connectivity index (χ0n) is 12.1. The molecule has 5 nitrogen and oxygen atoms in total. The van der Waals surface area contributed by atoms with Crippen molar-refractivity contribution < 1.29 is 13.2 Å². The number of hydrogen-bond acceptors (Lipinski definition) is 4. The summed E-state index contributed by atoms with van der Waals surface area (Å²) < 4.78 is 24.5. The normalized spacial score (nSPS) is 11.6. The van der Waals surface area contributed by atoms with Gasteiger partial charge in [-0.2, -0.15) is 0 Å². The van der Waals surface area contributed by atoms with Gasteiger partial charge >= 0.3 is 0 Å². The van der Waals surface area contributed by atoms with Gasteiger partial charge in [-0.25, -0.2) is 8.42 Å². The molecule has 0 atom stereocenters. The fourth-order valence-corrected chi connectivity index (χ4v) is 3.44. The Hall–Kier alpha value is -1.56. The minimum Gasteiger partial charge on any atom is -0.399 e. The Bertz CT molecular complexity index is 578. The van der Waals surface area contributed by atoms with E-state index in [4.69, 9.17) is 5.73 Å². The second-order valence-electron chi connectivity index (χ2n) is 4.86. The van der Waals surface area contributed by atoms with E-state index >= 15 is 0 Å². The van der Waals surface area contributed by atoms with Crippen LogP contribution in [0, 0.1) is 6.92 Å². The van der Waals surface area contributed by atoms with E-state index in [0.29, 0.717) is 11.3 Å². The molecule has 0 aliphatic rings. The Morgan fingerprint density at radius 1 is 1.30 bits per heavy atom. The first-order valence-corrected chi connectivity index (χ1v) is 8.33. The molecule has 0 aliphatic heterocycles. The van der Waals surface area contributed by atoms with Gasteiger partial charge in [0.15, 0.2) is 9.84 Å². The monoisotopic (exact) mass is 298 g/mol. The van der Waals surface area contributed by atoms with Crippen molar-refractivity contribution in [1.29, 1.82) is 0 Å². The summed E-state index contributed by atoms with van der Waals surface area (Å²) in [4.78, 5) is 12.0. The molecule has 0 spiro atoms. The van der Waals surface area contributed by atoms with Gasteiger partial charge in [-0.05, 0) is 43.5 Å². The number of carbonyl (C=O) groups is 1. The summed E-state index contributed by atoms with van der Waals surface area (Å²) in [7, 11) is -3.64. The van der Waals surface area contributed by atoms with Crippen molar-refractivity contribution in [1.82, 2.24) is 5.32 Å². The lowest BCUT2D eigenvalue weighted by atomic mass is 10.2. The molecule has 1 aromatic carbocycles. The van der Waals surface area contributed by atoms with E-state index in [1.54, 1.807) is 13.0 Å². The molecule has 1 amide bonds. The molecule has 0 heterocycles. The molecule has 0 saturated heterocycles. The molecule has 0 aliphatic carbocycles. The van der Waals surface area contributed by atoms with Crippen molar-refractivity contribution in [2.24, 2.45) is 0 Å². The molecule has 6 heteroatoms. The largest absolute Gasteiger partial charge is 0.399 e. The van der Waals surface area contributed by atoms with Crippen LogP contribution in [-0.4, -0.2) is 26.1 Å². The predicted molar refractivity (Wildman–Crippen MR) is 80.2 cm³/mol. The van der Waals surface area contributed by atoms with Crippen LogP contribution < -0.4 is 11.1 Å². The summed E-state index contributed by atoms with van der Waals surface area (Å²) in [6.45, 7) is 5.57. The van der Waals surface area contributed by atoms with Crippen LogP contribution >= 0.6 is 0 Å². The molecule has 3 N–H and O–H groups in total. The fraction of sp³-hybridized carbons (Fsp3) is 0.500. The molecule has 112 valence electrons. The van der Waals surface area contributed by atoms with Gasteiger partial charge in [0.05, 0.1) is 4.90 Å². The summed E-state index contributed by atoms with van der Waals surface area (Å²) in [6.07, 6.45) is 1.56. The number of carbonyl (C=O) groups excluding carboxylic acids is 1. The van der Waals surface area contributed by atoms with E-state index in [9.17, 15) is 13.2 Å². The highest BCUT2D eigenvalue weighted by atomic mass is 32.2. The third-order valence-electron chi connectivity index (χ3n) is 3.21. The average Bonchev–Trinajstić information content (AvgIpc) is 2.34. The maximum absolute atomic E-state index is 12.2. The molecule has 0 bridgehead atoms. The van der Waals surface area contributed by atoms with Crippen LogP contribution in [0.25, 0.3) is 0 Å². The van der Waals surface area contributed by atoms with Gasteiger partial charge in [0, 0.05) is 11.7 Å². The van der Waals surface area contributed by atoms with E-state index in [1.807, 2.05) is 13.8 Å². The number of anilines is 1. The van der Waals surface area contributed by atoms with Gasteiger partial charge in [-0.1, -0.05) is 13.8 Å². The molecule has 0 unspecified atom stereocenters. The van der Waals surface area contributed by atoms with E-state index < -0.39 is 21.5 Å². The van der Waals surface area contributed by atoms with Crippen molar-refractivity contribution in [2.75, 3.05) is 11.5 Å². The number of sulfone groups is 1. The minimum atomic E-state index is -3.64. The number of aryl methyl sites for hydroxylation is 1. The minimum absolute atomic E-state index is 0.0187. The van der Waals surface area contributed by atoms with Crippen LogP contribution in [0.5, 0.6) is 0 Å². The lowest BCUT2D eigenvalue weighted by Gasteiger charge is -2.15. The van der Waals surface area contributed by atoms with Crippen molar-refractivity contribution in [3.05, 3.63) is 23.8 Å². The van der Waals surface area contributed by atoms with Gasteiger partial charge < -0.3 is 11.1 Å². The molecule has 1 rings (SSSR count). The number of benzene rings is 1. The highest BCUT2D eigenvalue weighted by molar-refractivity contribution is 7.92. The van der Waals surface area contributed by atoms with Gasteiger partial charge in [-0.15, -0.1) is 0 Å². The van der Waals surface area contributed by atoms with Gasteiger partial charge in [-0.3, -0.25) is 4.79 Å². The van der Waals surface area contributed by atoms with Crippen molar-refractivity contribution in [3.8, 4) is 0 Å². The van der Waals surface area contributed by atoms with Crippen molar-refractivity contribution in [2.45, 2.75) is 44.6 Å². The summed E-state index contributed by atoms with van der Waals surface area (Å²) in [5, 5.41) is 2.73. The molecule has 20 heavy (non-hydrogen) atoms. The van der Waals surface area contributed by atoms with E-state index in [1.165, 1.54) is 12.1 Å². The molecular formula is C14H22N2O3S. The molecule has 0 aromatic heterocycles. The Morgan fingerprint density at radius 3 is 2.40 bits per heavy atom. The zero-order chi connectivity index (χ0) is 15.3. The number of hydrogen-bond donors (Lipinski definition) is 2. The second kappa shape index (κ2) is 6.74. The van der Waals surface area contributed by atoms with E-state index in [0.717, 1.165) is 12.8 Å². The second-order valence-corrected chi connectivity index (χ2v) is 6.82. The maximum atomic E-state index is 12.2. The number of nitrogen functional groups attached to an aromatic ring is 1. The van der Waals surface area contributed by atoms with Gasteiger partial charge in [0.25, 0.3) is 0 Å². The first kappa shape index (κ1) is 16.5. The van der Waals surface area contributed by atoms with Crippen molar-refractivity contribution >= 4 is 21.4 Å². The summed E-state index contributed by atoms with van der Waals surface area (Å²) in [5.74, 6) is -0.997. The highest BCUT2D eigenvalue weighted by Gasteiger charge is 2.22. The molecular weight excluding hydrogens is 276 g/mol. The zero-order valence-corrected chi connectivity index (χ0v) is 13.0. The quantitative estimate of drug-likeness (QED) is 0.782. The predicted octanol–water partition coefficient (Wildman–Crippen LogP) is 1.66. The molecule has 1 aromatic rings. The summed E-state index contributed by atoms with van der Waals surface area (Å²) in [5.41, 5.74) is 6.66. The number of nitrogens with one attached hydrogen (secondary N) is 1. The van der Waals surface area contributed by atoms with Gasteiger partial charge in [0.1, 0.15) is 5.75 Å². The highest BCUT2D eigenvalue weighted by Crippen LogP contribution is 2.19. The third-order valence-corrected chi connectivity index (χ3v) is 4.98. The first-order valence-electron chi connectivity index (χ1n) is 6.68. The third kappa shape index (κ3) is 4.23. The smallest absolute Gasteiger partial charge is 0.235 e. The Balaban J connectivity index is 2.87. The van der Waals surface area contributed by atoms with E-state index in [-0.39, 0.29) is 10.9 Å². The first-order chi connectivity index (χ1) is 9.30. The van der Waals surface area contributed by atoms with Crippen LogP contribution in [0.15, 0.2) is 23.1 Å². The fourth-order valence-electron chi connectivity index (χ4n) is 2.03. The number of nitrogens with two attached hydrogens (primary N) is 1. The Kier molecular flexibility index (Phi) is 5.56. The lowest BCUT2D eigenvalue weighted by molar-refractivity contribution is -0.119. The van der Waals surface area contributed by atoms with Crippen molar-refractivity contribution in [3.63, 3.8) is 0 Å². The standard InChI is InChI=1S/C14H22N2O3S/c1-4-12(5-2)16-14(17)9-20(18,19)13-7-6-11(15)8-10(13)3/h6-8,12H,4-5,9,15H2,1-3H3,(H,16,17). The lowest BCUT2D eigenvalue weighted by Crippen LogP contribution is -2.37. The molecule has 0 fully saturated rings. The maximum Gasteiger partial charge on any atom is 0.235 e. The summed E-state index contributed by atoms with van der Waals surface area (Å²) >= 11 is 0. The average molecular weight is 298 g/mol. The van der Waals surface area contributed by atoms with Gasteiger partial charge in [0.2, 0.25) is 5.91 Å². The van der Waals surface area contributed by atoms with Crippen LogP contribution in [-0.2, 0) is 14.6 Å². The molecule has 0 saturated carbocycles.